The average Bonchev–Trinajstić information content (AvgIpc) is 2.85. The summed E-state index contributed by atoms with van der Waals surface area (Å²) in [6.45, 7) is 2.10. The Hall–Kier alpha value is -2.53. The molecule has 3 aromatic rings. The molecule has 0 saturated carbocycles. The van der Waals surface area contributed by atoms with Gasteiger partial charge < -0.3 is 14.8 Å². The first-order valence-corrected chi connectivity index (χ1v) is 13.2. The molecule has 2 N–H and O–H groups in total. The molecule has 37 heavy (non-hydrogen) atoms. The zero-order valence-corrected chi connectivity index (χ0v) is 24.3. The van der Waals surface area contributed by atoms with Crippen molar-refractivity contribution in [2.24, 2.45) is 5.10 Å². The first-order valence-electron chi connectivity index (χ1n) is 11.0. The summed E-state index contributed by atoms with van der Waals surface area (Å²) in [5.74, 6) is 0.359. The number of carbonyl (C=O) groups is 2. The maximum Gasteiger partial charge on any atom is 0.240 e. The number of halogens is 4. The Morgan fingerprint density at radius 3 is 2.46 bits per heavy atom. The van der Waals surface area contributed by atoms with Crippen LogP contribution in [0.2, 0.25) is 15.1 Å². The predicted octanol–water partition coefficient (Wildman–Crippen LogP) is 7.02. The van der Waals surface area contributed by atoms with Gasteiger partial charge in [0.1, 0.15) is 6.61 Å². The summed E-state index contributed by atoms with van der Waals surface area (Å²) in [6, 6.07) is 14.0. The lowest BCUT2D eigenvalue weighted by molar-refractivity contribution is -0.124. The maximum absolute atomic E-state index is 12.1. The van der Waals surface area contributed by atoms with Gasteiger partial charge >= 0.3 is 0 Å². The zero-order valence-electron chi connectivity index (χ0n) is 19.9. The van der Waals surface area contributed by atoms with E-state index in [2.05, 4.69) is 38.4 Å². The molecule has 0 aliphatic heterocycles. The van der Waals surface area contributed by atoms with Gasteiger partial charge in [-0.3, -0.25) is 9.59 Å². The van der Waals surface area contributed by atoms with Gasteiger partial charge in [-0.15, -0.1) is 0 Å². The second-order valence-corrected chi connectivity index (χ2v) is 10.3. The summed E-state index contributed by atoms with van der Waals surface area (Å²) in [4.78, 5) is 24.2. The van der Waals surface area contributed by atoms with E-state index >= 15 is 0 Å². The molecule has 0 unspecified atom stereocenters. The van der Waals surface area contributed by atoms with E-state index in [-0.39, 0.29) is 25.4 Å². The predicted molar refractivity (Wildman–Crippen MR) is 156 cm³/mol. The highest BCUT2D eigenvalue weighted by Crippen LogP contribution is 2.35. The van der Waals surface area contributed by atoms with Gasteiger partial charge in [-0.1, -0.05) is 46.9 Å². The fourth-order valence-corrected chi connectivity index (χ4v) is 4.52. The van der Waals surface area contributed by atoms with Crippen LogP contribution in [0.4, 0.5) is 5.69 Å². The van der Waals surface area contributed by atoms with Crippen molar-refractivity contribution < 1.29 is 19.1 Å². The van der Waals surface area contributed by atoms with Crippen LogP contribution in [0.1, 0.15) is 29.5 Å². The monoisotopic (exact) mass is 673 g/mol. The highest BCUT2D eigenvalue weighted by Gasteiger charge is 2.13. The van der Waals surface area contributed by atoms with Crippen molar-refractivity contribution in [3.05, 3.63) is 83.9 Å². The lowest BCUT2D eigenvalue weighted by atomic mass is 10.2. The Bertz CT molecular complexity index is 1330. The smallest absolute Gasteiger partial charge is 0.240 e. The second kappa shape index (κ2) is 13.9. The van der Waals surface area contributed by atoms with Crippen molar-refractivity contribution in [1.29, 1.82) is 0 Å². The van der Waals surface area contributed by atoms with Gasteiger partial charge in [-0.05, 0) is 77.0 Å². The molecule has 3 rings (SSSR count). The molecule has 0 heterocycles. The molecule has 194 valence electrons. The molecule has 0 saturated heterocycles. The van der Waals surface area contributed by atoms with Crippen molar-refractivity contribution in [2.75, 3.05) is 12.4 Å². The van der Waals surface area contributed by atoms with Gasteiger partial charge in [-0.25, -0.2) is 5.43 Å². The van der Waals surface area contributed by atoms with Crippen LogP contribution in [0.25, 0.3) is 0 Å². The van der Waals surface area contributed by atoms with Crippen molar-refractivity contribution in [3.63, 3.8) is 0 Å². The van der Waals surface area contributed by atoms with E-state index in [1.54, 1.807) is 36.4 Å². The van der Waals surface area contributed by atoms with Gasteiger partial charge in [-0.2, -0.15) is 5.10 Å². The Labute approximate surface area is 243 Å². The number of amides is 2. The number of methoxy groups -OCH3 is 1. The minimum absolute atomic E-state index is 0.00222. The normalized spacial score (nSPS) is 10.9. The van der Waals surface area contributed by atoms with Crippen LogP contribution < -0.4 is 20.2 Å². The molecule has 0 aromatic heterocycles. The van der Waals surface area contributed by atoms with Crippen LogP contribution in [0.5, 0.6) is 11.5 Å². The summed E-state index contributed by atoms with van der Waals surface area (Å²) >= 11 is 20.4. The highest BCUT2D eigenvalue weighted by molar-refractivity contribution is 14.1. The number of ether oxygens (including phenoxy) is 2. The number of hydrogen-bond acceptors (Lipinski definition) is 5. The number of anilines is 1. The van der Waals surface area contributed by atoms with E-state index in [1.807, 2.05) is 19.1 Å². The van der Waals surface area contributed by atoms with Crippen LogP contribution in [-0.4, -0.2) is 25.1 Å². The minimum atomic E-state index is -0.394. The van der Waals surface area contributed by atoms with E-state index in [9.17, 15) is 9.59 Å². The SMILES string of the molecule is COc1cc(C=NNC(=O)CCC(=O)Nc2ccc(C)c(Cl)c2)cc(I)c1OCc1ccc(Cl)cc1Cl. The third-order valence-corrected chi connectivity index (χ3v) is 6.87. The number of nitrogens with zero attached hydrogens (tertiary/aromatic N) is 1. The fourth-order valence-electron chi connectivity index (χ4n) is 3.10. The number of benzene rings is 3. The van der Waals surface area contributed by atoms with Crippen LogP contribution in [0.3, 0.4) is 0 Å². The van der Waals surface area contributed by atoms with E-state index in [0.717, 1.165) is 14.7 Å². The standard InChI is InChI=1S/C26H23Cl3IN3O4/c1-15-3-6-19(12-20(15)28)32-24(34)7-8-25(35)33-31-13-16-9-22(30)26(23(10-16)36-2)37-14-17-4-5-18(27)11-21(17)29/h3-6,9-13H,7-8,14H2,1-2H3,(H,32,34)(H,33,35). The Morgan fingerprint density at radius 2 is 1.76 bits per heavy atom. The van der Waals surface area contributed by atoms with E-state index in [4.69, 9.17) is 44.3 Å². The van der Waals surface area contributed by atoms with Crippen molar-refractivity contribution in [3.8, 4) is 11.5 Å². The first kappa shape index (κ1) is 29.0. The number of hydrogen-bond donors (Lipinski definition) is 2. The Morgan fingerprint density at radius 1 is 1.00 bits per heavy atom. The van der Waals surface area contributed by atoms with E-state index in [0.29, 0.717) is 37.8 Å². The summed E-state index contributed by atoms with van der Waals surface area (Å²) < 4.78 is 12.2. The van der Waals surface area contributed by atoms with Gasteiger partial charge in [0, 0.05) is 39.2 Å². The summed E-state index contributed by atoms with van der Waals surface area (Å²) in [5, 5.41) is 8.31. The molecule has 7 nitrogen and oxygen atoms in total. The third-order valence-electron chi connectivity index (χ3n) is 5.08. The van der Waals surface area contributed by atoms with Crippen LogP contribution in [0.15, 0.2) is 53.6 Å². The van der Waals surface area contributed by atoms with Crippen LogP contribution in [0, 0.1) is 10.5 Å². The van der Waals surface area contributed by atoms with Gasteiger partial charge in [0.15, 0.2) is 11.5 Å². The lowest BCUT2D eigenvalue weighted by Gasteiger charge is -2.14. The maximum atomic E-state index is 12.1. The molecule has 0 bridgehead atoms. The van der Waals surface area contributed by atoms with Crippen molar-refractivity contribution in [1.82, 2.24) is 5.43 Å². The zero-order chi connectivity index (χ0) is 26.9. The van der Waals surface area contributed by atoms with Gasteiger partial charge in [0.05, 0.1) is 16.9 Å². The number of hydrazone groups is 1. The lowest BCUT2D eigenvalue weighted by Crippen LogP contribution is -2.20. The fraction of sp³-hybridized carbons (Fsp3) is 0.192. The summed E-state index contributed by atoms with van der Waals surface area (Å²) in [5.41, 5.74) is 5.39. The molecule has 0 atom stereocenters. The molecule has 0 fully saturated rings. The largest absolute Gasteiger partial charge is 0.493 e. The number of carbonyl (C=O) groups excluding carboxylic acids is 2. The third kappa shape index (κ3) is 8.77. The van der Waals surface area contributed by atoms with Crippen LogP contribution >= 0.6 is 57.4 Å². The molecular formula is C26H23Cl3IN3O4. The summed E-state index contributed by atoms with van der Waals surface area (Å²) in [7, 11) is 1.53. The Balaban J connectivity index is 1.53. The highest BCUT2D eigenvalue weighted by atomic mass is 127. The number of aryl methyl sites for hydroxylation is 1. The number of nitrogens with one attached hydrogen (secondary N) is 2. The first-order chi connectivity index (χ1) is 17.7. The molecule has 0 aliphatic rings. The second-order valence-electron chi connectivity index (χ2n) is 7.86. The van der Waals surface area contributed by atoms with E-state index in [1.165, 1.54) is 13.3 Å². The van der Waals surface area contributed by atoms with Crippen LogP contribution in [-0.2, 0) is 16.2 Å². The quantitative estimate of drug-likeness (QED) is 0.138. The molecule has 3 aromatic carbocycles. The molecule has 0 radical (unpaired) electrons. The number of rotatable bonds is 10. The van der Waals surface area contributed by atoms with Gasteiger partial charge in [0.2, 0.25) is 11.8 Å². The van der Waals surface area contributed by atoms with E-state index < -0.39 is 5.91 Å². The summed E-state index contributed by atoms with van der Waals surface area (Å²) in [6.07, 6.45) is 1.46. The van der Waals surface area contributed by atoms with Crippen molar-refractivity contribution >= 4 is 81.1 Å². The average molecular weight is 675 g/mol. The molecule has 11 heteroatoms. The topological polar surface area (TPSA) is 89.0 Å². The van der Waals surface area contributed by atoms with Crippen molar-refractivity contribution in [2.45, 2.75) is 26.4 Å². The Kier molecular flexibility index (Phi) is 10.9. The molecule has 0 aliphatic carbocycles. The molecule has 0 spiro atoms. The molecular weight excluding hydrogens is 652 g/mol. The van der Waals surface area contributed by atoms with Gasteiger partial charge in [0.25, 0.3) is 0 Å². The minimum Gasteiger partial charge on any atom is -0.493 e. The molecule has 2 amide bonds.